The number of aromatic nitrogens is 3. The van der Waals surface area contributed by atoms with Crippen LogP contribution in [0.25, 0.3) is 11.0 Å². The second-order valence-electron chi connectivity index (χ2n) is 9.64. The van der Waals surface area contributed by atoms with E-state index in [9.17, 15) is 0 Å². The predicted octanol–water partition coefficient (Wildman–Crippen LogP) is 4.80. The van der Waals surface area contributed by atoms with Crippen molar-refractivity contribution in [2.75, 3.05) is 26.8 Å². The van der Waals surface area contributed by atoms with E-state index in [1.807, 2.05) is 12.3 Å². The zero-order chi connectivity index (χ0) is 22.6. The van der Waals surface area contributed by atoms with Crippen LogP contribution in [0.15, 0.2) is 42.6 Å². The van der Waals surface area contributed by atoms with Gasteiger partial charge in [-0.2, -0.15) is 0 Å². The van der Waals surface area contributed by atoms with Crippen molar-refractivity contribution in [2.45, 2.75) is 70.1 Å². The molecule has 5 rings (SSSR count). The molecule has 2 aromatic heterocycles. The van der Waals surface area contributed by atoms with Crippen LogP contribution in [0.5, 0.6) is 0 Å². The Morgan fingerprint density at radius 2 is 1.85 bits per heavy atom. The molecule has 6 nitrogen and oxygen atoms in total. The molecule has 2 aliphatic rings. The number of ether oxygens (including phenoxy) is 1. The van der Waals surface area contributed by atoms with Gasteiger partial charge in [-0.1, -0.05) is 18.2 Å². The molecule has 2 atom stereocenters. The zero-order valence-electron chi connectivity index (χ0n) is 20.0. The lowest BCUT2D eigenvalue weighted by atomic mass is 9.92. The van der Waals surface area contributed by atoms with Crippen molar-refractivity contribution >= 4 is 11.0 Å². The van der Waals surface area contributed by atoms with Crippen molar-refractivity contribution in [3.63, 3.8) is 0 Å². The van der Waals surface area contributed by atoms with Gasteiger partial charge in [0.15, 0.2) is 0 Å². The number of piperidine rings is 1. The maximum atomic E-state index is 5.49. The largest absolute Gasteiger partial charge is 0.381 e. The summed E-state index contributed by atoms with van der Waals surface area (Å²) in [5.41, 5.74) is 4.85. The molecule has 33 heavy (non-hydrogen) atoms. The normalized spacial score (nSPS) is 22.7. The van der Waals surface area contributed by atoms with Gasteiger partial charge < -0.3 is 14.6 Å². The highest BCUT2D eigenvalue weighted by Gasteiger charge is 2.34. The molecule has 6 heteroatoms. The van der Waals surface area contributed by atoms with Gasteiger partial charge in [0, 0.05) is 32.0 Å². The van der Waals surface area contributed by atoms with Gasteiger partial charge in [0.2, 0.25) is 0 Å². The first kappa shape index (κ1) is 22.5. The van der Waals surface area contributed by atoms with Gasteiger partial charge in [-0.3, -0.25) is 9.88 Å². The molecule has 2 saturated heterocycles. The maximum Gasteiger partial charge on any atom is 0.127 e. The monoisotopic (exact) mass is 447 g/mol. The highest BCUT2D eigenvalue weighted by Crippen LogP contribution is 2.41. The smallest absolute Gasteiger partial charge is 0.127 e. The Balaban J connectivity index is 1.36. The van der Waals surface area contributed by atoms with E-state index in [2.05, 4.69) is 59.1 Å². The summed E-state index contributed by atoms with van der Waals surface area (Å²) >= 11 is 0. The van der Waals surface area contributed by atoms with E-state index in [1.165, 1.54) is 29.0 Å². The molecule has 3 aromatic rings. The molecule has 0 unspecified atom stereocenters. The topological polar surface area (TPSA) is 55.2 Å². The van der Waals surface area contributed by atoms with Gasteiger partial charge in [-0.25, -0.2) is 4.98 Å². The van der Waals surface area contributed by atoms with E-state index in [0.717, 1.165) is 63.9 Å². The van der Waals surface area contributed by atoms with E-state index >= 15 is 0 Å². The molecule has 1 N–H and O–H groups in total. The molecule has 0 saturated carbocycles. The lowest BCUT2D eigenvalue weighted by Crippen LogP contribution is -2.36. The summed E-state index contributed by atoms with van der Waals surface area (Å²) in [6.45, 7) is 5.98. The summed E-state index contributed by atoms with van der Waals surface area (Å²) in [4.78, 5) is 12.5. The molecule has 0 spiro atoms. The summed E-state index contributed by atoms with van der Waals surface area (Å²) in [6.07, 6.45) is 8.78. The van der Waals surface area contributed by atoms with Crippen molar-refractivity contribution in [1.29, 1.82) is 0 Å². The van der Waals surface area contributed by atoms with E-state index in [4.69, 9.17) is 14.7 Å². The third-order valence-electron chi connectivity index (χ3n) is 7.50. The van der Waals surface area contributed by atoms with Crippen LogP contribution in [0.4, 0.5) is 0 Å². The SMILES string of the molecule is Cc1cccnc1[C@@H]1CCC[C@H](c2nc3ccccc3n2CCCNC2CCOCC2)N1C. The van der Waals surface area contributed by atoms with Crippen LogP contribution >= 0.6 is 0 Å². The molecule has 176 valence electrons. The number of nitrogens with one attached hydrogen (secondary N) is 1. The summed E-state index contributed by atoms with van der Waals surface area (Å²) in [5.74, 6) is 1.21. The van der Waals surface area contributed by atoms with Crippen LogP contribution < -0.4 is 5.32 Å². The number of pyridine rings is 1. The first-order chi connectivity index (χ1) is 16.2. The highest BCUT2D eigenvalue weighted by atomic mass is 16.5. The standard InChI is InChI=1S/C27H37N5O/c1-20-8-6-15-29-26(20)24-11-5-12-25(31(24)2)27-30-22-9-3-4-10-23(22)32(27)17-7-16-28-21-13-18-33-19-14-21/h3-4,6,8-10,15,21,24-25,28H,5,7,11-14,16-19H2,1-2H3/t24-,25+/m0/s1. The Bertz CT molecular complexity index is 1060. The van der Waals surface area contributed by atoms with E-state index in [0.29, 0.717) is 18.1 Å². The highest BCUT2D eigenvalue weighted by molar-refractivity contribution is 5.76. The Morgan fingerprint density at radius 3 is 2.70 bits per heavy atom. The number of hydrogen-bond acceptors (Lipinski definition) is 5. The predicted molar refractivity (Wildman–Crippen MR) is 132 cm³/mol. The van der Waals surface area contributed by atoms with Gasteiger partial charge in [0.05, 0.1) is 28.8 Å². The zero-order valence-corrected chi connectivity index (χ0v) is 20.0. The molecule has 0 aliphatic carbocycles. The number of benzene rings is 1. The molecule has 0 bridgehead atoms. The minimum Gasteiger partial charge on any atom is -0.381 e. The number of rotatable bonds is 7. The molecule has 2 fully saturated rings. The van der Waals surface area contributed by atoms with Gasteiger partial charge in [-0.15, -0.1) is 0 Å². The Morgan fingerprint density at radius 1 is 1.03 bits per heavy atom. The van der Waals surface area contributed by atoms with Crippen molar-refractivity contribution in [3.05, 3.63) is 59.7 Å². The van der Waals surface area contributed by atoms with Crippen LogP contribution in [0.1, 0.15) is 67.7 Å². The summed E-state index contributed by atoms with van der Waals surface area (Å²) in [5, 5.41) is 3.74. The molecule has 1 aromatic carbocycles. The lowest BCUT2D eigenvalue weighted by Gasteiger charge is -2.39. The number of para-hydroxylation sites is 2. The van der Waals surface area contributed by atoms with Crippen LogP contribution in [-0.2, 0) is 11.3 Å². The third-order valence-corrected chi connectivity index (χ3v) is 7.50. The average molecular weight is 448 g/mol. The fourth-order valence-electron chi connectivity index (χ4n) is 5.65. The van der Waals surface area contributed by atoms with Crippen LogP contribution in [0.3, 0.4) is 0 Å². The lowest BCUT2D eigenvalue weighted by molar-refractivity contribution is 0.0779. The van der Waals surface area contributed by atoms with Gasteiger partial charge in [0.1, 0.15) is 5.82 Å². The Hall–Kier alpha value is -2.28. The third kappa shape index (κ3) is 4.84. The first-order valence-electron chi connectivity index (χ1n) is 12.6. The second kappa shape index (κ2) is 10.3. The minimum absolute atomic E-state index is 0.306. The Kier molecular flexibility index (Phi) is 7.04. The number of imidazole rings is 1. The van der Waals surface area contributed by atoms with Crippen LogP contribution in [0, 0.1) is 6.92 Å². The van der Waals surface area contributed by atoms with Crippen LogP contribution in [0.2, 0.25) is 0 Å². The molecular formula is C27H37N5O. The van der Waals surface area contributed by atoms with Crippen molar-refractivity contribution in [3.8, 4) is 0 Å². The van der Waals surface area contributed by atoms with Gasteiger partial charge >= 0.3 is 0 Å². The quantitative estimate of drug-likeness (QED) is 0.528. The van der Waals surface area contributed by atoms with Crippen LogP contribution in [-0.4, -0.2) is 52.3 Å². The first-order valence-corrected chi connectivity index (χ1v) is 12.6. The fourth-order valence-corrected chi connectivity index (χ4v) is 5.65. The number of aryl methyl sites for hydroxylation is 2. The van der Waals surface area contributed by atoms with Crippen molar-refractivity contribution < 1.29 is 4.74 Å². The minimum atomic E-state index is 0.306. The number of hydrogen-bond donors (Lipinski definition) is 1. The maximum absolute atomic E-state index is 5.49. The number of nitrogens with zero attached hydrogens (tertiary/aromatic N) is 4. The molecule has 0 amide bonds. The summed E-state index contributed by atoms with van der Waals surface area (Å²) in [6, 6.07) is 14.1. The number of likely N-dealkylation sites (tertiary alicyclic amines) is 1. The number of fused-ring (bicyclic) bond motifs is 1. The molecule has 2 aliphatic heterocycles. The van der Waals surface area contributed by atoms with Gasteiger partial charge in [-0.05, 0) is 82.8 Å². The molecule has 4 heterocycles. The van der Waals surface area contributed by atoms with E-state index < -0.39 is 0 Å². The van der Waals surface area contributed by atoms with Crippen molar-refractivity contribution in [2.24, 2.45) is 0 Å². The van der Waals surface area contributed by atoms with Crippen molar-refractivity contribution in [1.82, 2.24) is 24.8 Å². The second-order valence-corrected chi connectivity index (χ2v) is 9.64. The fraction of sp³-hybridized carbons (Fsp3) is 0.556. The molecular weight excluding hydrogens is 410 g/mol. The Labute approximate surface area is 197 Å². The van der Waals surface area contributed by atoms with E-state index in [-0.39, 0.29) is 0 Å². The summed E-state index contributed by atoms with van der Waals surface area (Å²) in [7, 11) is 2.26. The summed E-state index contributed by atoms with van der Waals surface area (Å²) < 4.78 is 7.97. The van der Waals surface area contributed by atoms with Gasteiger partial charge in [0.25, 0.3) is 0 Å². The average Bonchev–Trinajstić information content (AvgIpc) is 3.21. The van der Waals surface area contributed by atoms with E-state index in [1.54, 1.807) is 0 Å². The molecule has 0 radical (unpaired) electrons.